The number of carbonyl (C=O) groups excluding carboxylic acids is 1. The van der Waals surface area contributed by atoms with Gasteiger partial charge in [0.25, 0.3) is 5.91 Å². The Bertz CT molecular complexity index is 923. The molecule has 4 rings (SSSR count). The molecule has 1 aromatic heterocycles. The number of amides is 1. The molecular formula is C21H21N3O3. The monoisotopic (exact) mass is 363 g/mol. The summed E-state index contributed by atoms with van der Waals surface area (Å²) in [5.74, 6) is 1.50. The Balaban J connectivity index is 1.41. The van der Waals surface area contributed by atoms with Crippen molar-refractivity contribution in [2.75, 3.05) is 13.7 Å². The number of rotatable bonds is 6. The van der Waals surface area contributed by atoms with Crippen molar-refractivity contribution in [1.82, 2.24) is 15.1 Å². The second kappa shape index (κ2) is 7.53. The average Bonchev–Trinajstić information content (AvgIpc) is 3.16. The number of nitrogens with one attached hydrogen (secondary N) is 1. The highest BCUT2D eigenvalue weighted by Crippen LogP contribution is 2.35. The summed E-state index contributed by atoms with van der Waals surface area (Å²) in [6.07, 6.45) is 0.938. The molecule has 1 saturated heterocycles. The molecule has 0 bridgehead atoms. The van der Waals surface area contributed by atoms with E-state index in [1.165, 1.54) is 0 Å². The third-order valence-corrected chi connectivity index (χ3v) is 4.75. The number of hydrogen-bond donors (Lipinski definition) is 1. The molecule has 2 aromatic carbocycles. The number of nitrogens with zero attached hydrogens (tertiary/aromatic N) is 2. The SMILES string of the molecule is COc1cccc(C2CCN2C(=O)c2cc(COc3ccccc3)[nH]n2)c1. The number of para-hydroxylation sites is 1. The van der Waals surface area contributed by atoms with Gasteiger partial charge in [0, 0.05) is 6.54 Å². The molecule has 0 radical (unpaired) electrons. The number of aromatic amines is 1. The Labute approximate surface area is 157 Å². The first kappa shape index (κ1) is 17.1. The summed E-state index contributed by atoms with van der Waals surface area (Å²) in [6.45, 7) is 1.06. The first-order valence-corrected chi connectivity index (χ1v) is 8.91. The van der Waals surface area contributed by atoms with Gasteiger partial charge >= 0.3 is 0 Å². The van der Waals surface area contributed by atoms with Gasteiger partial charge in [0.15, 0.2) is 5.69 Å². The molecule has 1 aliphatic heterocycles. The van der Waals surface area contributed by atoms with Crippen molar-refractivity contribution < 1.29 is 14.3 Å². The lowest BCUT2D eigenvalue weighted by Crippen LogP contribution is -2.45. The standard InChI is InChI=1S/C21H21N3O3/c1-26-18-9-5-6-15(12-18)20-10-11-24(20)21(25)19-13-16(22-23-19)14-27-17-7-3-2-4-8-17/h2-9,12-13,20H,10-11,14H2,1H3,(H,22,23). The average molecular weight is 363 g/mol. The minimum atomic E-state index is -0.0729. The highest BCUT2D eigenvalue weighted by molar-refractivity contribution is 5.93. The Kier molecular flexibility index (Phi) is 4.78. The predicted molar refractivity (Wildman–Crippen MR) is 101 cm³/mol. The Morgan fingerprint density at radius 2 is 1.96 bits per heavy atom. The summed E-state index contributed by atoms with van der Waals surface area (Å²) < 4.78 is 11.0. The number of aromatic nitrogens is 2. The number of methoxy groups -OCH3 is 1. The van der Waals surface area contributed by atoms with Crippen LogP contribution in [0.5, 0.6) is 11.5 Å². The summed E-state index contributed by atoms with van der Waals surface area (Å²) in [4.78, 5) is 14.7. The van der Waals surface area contributed by atoms with Crippen molar-refractivity contribution in [3.05, 3.63) is 77.6 Å². The smallest absolute Gasteiger partial charge is 0.274 e. The van der Waals surface area contributed by atoms with Gasteiger partial charge in [0.2, 0.25) is 0 Å². The van der Waals surface area contributed by atoms with Crippen molar-refractivity contribution in [2.45, 2.75) is 19.1 Å². The van der Waals surface area contributed by atoms with E-state index in [4.69, 9.17) is 9.47 Å². The first-order valence-electron chi connectivity index (χ1n) is 8.91. The highest BCUT2D eigenvalue weighted by atomic mass is 16.5. The summed E-state index contributed by atoms with van der Waals surface area (Å²) >= 11 is 0. The van der Waals surface area contributed by atoms with Gasteiger partial charge in [-0.2, -0.15) is 5.10 Å². The maximum absolute atomic E-state index is 12.8. The van der Waals surface area contributed by atoms with Crippen molar-refractivity contribution in [3.63, 3.8) is 0 Å². The zero-order valence-electron chi connectivity index (χ0n) is 15.1. The van der Waals surface area contributed by atoms with Crippen LogP contribution < -0.4 is 9.47 Å². The van der Waals surface area contributed by atoms with Crippen LogP contribution in [0.1, 0.15) is 34.2 Å². The molecule has 1 unspecified atom stereocenters. The summed E-state index contributed by atoms with van der Waals surface area (Å²) in [6, 6.07) is 19.2. The molecule has 0 saturated carbocycles. The van der Waals surface area contributed by atoms with E-state index in [1.807, 2.05) is 59.5 Å². The fourth-order valence-corrected chi connectivity index (χ4v) is 3.20. The van der Waals surface area contributed by atoms with E-state index in [0.29, 0.717) is 12.3 Å². The highest BCUT2D eigenvalue weighted by Gasteiger charge is 2.35. The van der Waals surface area contributed by atoms with E-state index >= 15 is 0 Å². The fourth-order valence-electron chi connectivity index (χ4n) is 3.20. The summed E-state index contributed by atoms with van der Waals surface area (Å²) in [5, 5.41) is 7.06. The van der Waals surface area contributed by atoms with Crippen LogP contribution in [-0.2, 0) is 6.61 Å². The van der Waals surface area contributed by atoms with Crippen LogP contribution in [0.2, 0.25) is 0 Å². The topological polar surface area (TPSA) is 67.4 Å². The molecule has 1 amide bonds. The minimum absolute atomic E-state index is 0.0633. The molecular weight excluding hydrogens is 342 g/mol. The van der Waals surface area contributed by atoms with E-state index in [0.717, 1.165) is 35.7 Å². The third-order valence-electron chi connectivity index (χ3n) is 4.75. The van der Waals surface area contributed by atoms with E-state index in [1.54, 1.807) is 13.2 Å². The lowest BCUT2D eigenvalue weighted by molar-refractivity contribution is 0.0453. The van der Waals surface area contributed by atoms with Crippen molar-refractivity contribution in [2.24, 2.45) is 0 Å². The number of hydrogen-bond acceptors (Lipinski definition) is 4. The van der Waals surface area contributed by atoms with Crippen LogP contribution in [0.3, 0.4) is 0 Å². The number of benzene rings is 2. The molecule has 0 aliphatic carbocycles. The number of H-pyrrole nitrogens is 1. The van der Waals surface area contributed by atoms with Gasteiger partial charge in [-0.1, -0.05) is 30.3 Å². The second-order valence-corrected chi connectivity index (χ2v) is 6.46. The summed E-state index contributed by atoms with van der Waals surface area (Å²) in [7, 11) is 1.64. The normalized spacial score (nSPS) is 15.9. The van der Waals surface area contributed by atoms with Crippen LogP contribution in [0, 0.1) is 0 Å². The molecule has 0 spiro atoms. The van der Waals surface area contributed by atoms with Gasteiger partial charge in [-0.15, -0.1) is 0 Å². The van der Waals surface area contributed by atoms with Crippen LogP contribution in [0.4, 0.5) is 0 Å². The van der Waals surface area contributed by atoms with E-state index < -0.39 is 0 Å². The fraction of sp³-hybridized carbons (Fsp3) is 0.238. The lowest BCUT2D eigenvalue weighted by atomic mass is 9.94. The Morgan fingerprint density at radius 3 is 2.70 bits per heavy atom. The van der Waals surface area contributed by atoms with Crippen LogP contribution in [-0.4, -0.2) is 34.7 Å². The predicted octanol–water partition coefficient (Wildman–Crippen LogP) is 3.58. The van der Waals surface area contributed by atoms with Gasteiger partial charge < -0.3 is 14.4 Å². The van der Waals surface area contributed by atoms with E-state index in [9.17, 15) is 4.79 Å². The van der Waals surface area contributed by atoms with Crippen molar-refractivity contribution in [3.8, 4) is 11.5 Å². The number of likely N-dealkylation sites (tertiary alicyclic amines) is 1. The summed E-state index contributed by atoms with van der Waals surface area (Å²) in [5.41, 5.74) is 2.26. The zero-order chi connectivity index (χ0) is 18.6. The molecule has 6 nitrogen and oxygen atoms in total. The van der Waals surface area contributed by atoms with Gasteiger partial charge in [0.05, 0.1) is 18.8 Å². The van der Waals surface area contributed by atoms with Crippen LogP contribution >= 0.6 is 0 Å². The molecule has 2 heterocycles. The molecule has 3 aromatic rings. The zero-order valence-corrected chi connectivity index (χ0v) is 15.1. The van der Waals surface area contributed by atoms with Crippen molar-refractivity contribution >= 4 is 5.91 Å². The molecule has 138 valence electrons. The Morgan fingerprint density at radius 1 is 1.15 bits per heavy atom. The van der Waals surface area contributed by atoms with Gasteiger partial charge in [0.1, 0.15) is 18.1 Å². The van der Waals surface area contributed by atoms with E-state index in [2.05, 4.69) is 10.2 Å². The number of ether oxygens (including phenoxy) is 2. The first-order chi connectivity index (χ1) is 13.2. The van der Waals surface area contributed by atoms with Gasteiger partial charge in [-0.3, -0.25) is 9.89 Å². The third kappa shape index (κ3) is 3.65. The second-order valence-electron chi connectivity index (χ2n) is 6.46. The minimum Gasteiger partial charge on any atom is -0.497 e. The molecule has 1 atom stereocenters. The Hall–Kier alpha value is -3.28. The maximum Gasteiger partial charge on any atom is 0.274 e. The molecule has 1 N–H and O–H groups in total. The largest absolute Gasteiger partial charge is 0.497 e. The maximum atomic E-state index is 12.8. The van der Waals surface area contributed by atoms with Gasteiger partial charge in [-0.05, 0) is 42.3 Å². The number of carbonyl (C=O) groups is 1. The molecule has 6 heteroatoms. The van der Waals surface area contributed by atoms with Crippen LogP contribution in [0.25, 0.3) is 0 Å². The quantitative estimate of drug-likeness (QED) is 0.727. The van der Waals surface area contributed by atoms with Crippen LogP contribution in [0.15, 0.2) is 60.7 Å². The lowest BCUT2D eigenvalue weighted by Gasteiger charge is -2.41. The van der Waals surface area contributed by atoms with Crippen molar-refractivity contribution in [1.29, 1.82) is 0 Å². The molecule has 1 fully saturated rings. The van der Waals surface area contributed by atoms with Gasteiger partial charge in [-0.25, -0.2) is 0 Å². The molecule has 1 aliphatic rings. The molecule has 27 heavy (non-hydrogen) atoms. The van der Waals surface area contributed by atoms with E-state index in [-0.39, 0.29) is 11.9 Å².